The van der Waals surface area contributed by atoms with Gasteiger partial charge in [0.05, 0.1) is 0 Å². The van der Waals surface area contributed by atoms with E-state index < -0.39 is 10.0 Å². The zero-order chi connectivity index (χ0) is 6.73. The Morgan fingerprint density at radius 1 is 1.75 bits per heavy atom. The minimum atomic E-state index is -0.796. The van der Waals surface area contributed by atoms with Crippen molar-refractivity contribution in [3.05, 3.63) is 0 Å². The molecule has 0 bridgehead atoms. The number of nitrogens with zero attached hydrogens (tertiary/aromatic N) is 1. The van der Waals surface area contributed by atoms with Gasteiger partial charge in [-0.2, -0.15) is 0 Å². The smallest absolute Gasteiger partial charge is 0.331 e. The zero-order valence-corrected chi connectivity index (χ0v) is 6.92. The lowest BCUT2D eigenvalue weighted by atomic mass is 10.6. The molecule has 0 aromatic carbocycles. The maximum Gasteiger partial charge on any atom is 0.331 e. The highest BCUT2D eigenvalue weighted by Crippen LogP contribution is 2.01. The Morgan fingerprint density at radius 3 is 2.12 bits per heavy atom. The molecule has 0 aliphatic carbocycles. The van der Waals surface area contributed by atoms with Gasteiger partial charge >= 0.3 is 5.97 Å². The van der Waals surface area contributed by atoms with E-state index in [1.54, 1.807) is 19.0 Å². The monoisotopic (exact) mass is 229 g/mol. The molecular formula is C4H8INO2. The van der Waals surface area contributed by atoms with E-state index in [1.807, 2.05) is 22.6 Å². The Bertz CT molecular complexity index is 94.0. The summed E-state index contributed by atoms with van der Waals surface area (Å²) in [6.07, 6.45) is 0. The molecule has 4 heteroatoms. The quantitative estimate of drug-likeness (QED) is 0.423. The maximum atomic E-state index is 10.1. The van der Waals surface area contributed by atoms with E-state index in [2.05, 4.69) is 0 Å². The van der Waals surface area contributed by atoms with Gasteiger partial charge in [-0.25, -0.2) is 4.79 Å². The predicted molar refractivity (Wildman–Crippen MR) is 39.1 cm³/mol. The third-order valence-corrected chi connectivity index (χ3v) is 2.30. The molecule has 1 atom stereocenters. The molecule has 0 saturated heterocycles. The third kappa shape index (κ3) is 2.46. The standard InChI is InChI=1S/C4H8INO2/c1-6(2)3(5)4(7)8/h3H,1-2H3,(H,7,8). The summed E-state index contributed by atoms with van der Waals surface area (Å²) >= 11 is 1.85. The van der Waals surface area contributed by atoms with E-state index in [9.17, 15) is 4.79 Å². The highest BCUT2D eigenvalue weighted by Gasteiger charge is 2.13. The summed E-state index contributed by atoms with van der Waals surface area (Å²) < 4.78 is -0.410. The number of hydrogen-bond acceptors (Lipinski definition) is 2. The van der Waals surface area contributed by atoms with Gasteiger partial charge in [-0.1, -0.05) is 22.6 Å². The number of likely N-dealkylation sites (N-methyl/N-ethyl adjacent to an activating group) is 1. The number of rotatable bonds is 2. The van der Waals surface area contributed by atoms with Gasteiger partial charge in [0.15, 0.2) is 4.05 Å². The second-order valence-corrected chi connectivity index (χ2v) is 2.82. The second-order valence-electron chi connectivity index (χ2n) is 1.64. The van der Waals surface area contributed by atoms with Crippen molar-refractivity contribution >= 4 is 28.6 Å². The molecule has 0 aromatic heterocycles. The minimum absolute atomic E-state index is 0.410. The lowest BCUT2D eigenvalue weighted by Crippen LogP contribution is -2.29. The molecule has 3 nitrogen and oxygen atoms in total. The van der Waals surface area contributed by atoms with E-state index in [1.165, 1.54) is 0 Å². The number of carboxylic acids is 1. The molecule has 0 aliphatic rings. The molecule has 48 valence electrons. The van der Waals surface area contributed by atoms with Gasteiger partial charge in [0.2, 0.25) is 0 Å². The van der Waals surface area contributed by atoms with Gasteiger partial charge in [-0.3, -0.25) is 4.90 Å². The Morgan fingerprint density at radius 2 is 2.12 bits per heavy atom. The Kier molecular flexibility index (Phi) is 3.30. The lowest BCUT2D eigenvalue weighted by Gasteiger charge is -2.11. The van der Waals surface area contributed by atoms with Crippen LogP contribution in [0.25, 0.3) is 0 Å². The Hall–Kier alpha value is 0.160. The zero-order valence-electron chi connectivity index (χ0n) is 4.76. The van der Waals surface area contributed by atoms with Crippen LogP contribution in [0, 0.1) is 0 Å². The fraction of sp³-hybridized carbons (Fsp3) is 0.750. The van der Waals surface area contributed by atoms with Crippen LogP contribution in [0.1, 0.15) is 0 Å². The van der Waals surface area contributed by atoms with Crippen LogP contribution in [0.3, 0.4) is 0 Å². The van der Waals surface area contributed by atoms with Crippen molar-refractivity contribution in [3.63, 3.8) is 0 Å². The molecule has 0 radical (unpaired) electrons. The molecule has 1 unspecified atom stereocenters. The number of carboxylic acid groups (broad SMARTS) is 1. The van der Waals surface area contributed by atoms with E-state index in [0.29, 0.717) is 0 Å². The first-order valence-corrected chi connectivity index (χ1v) is 3.33. The van der Waals surface area contributed by atoms with Gasteiger partial charge in [-0.05, 0) is 14.1 Å². The summed E-state index contributed by atoms with van der Waals surface area (Å²) in [6.45, 7) is 0. The van der Waals surface area contributed by atoms with Gasteiger partial charge < -0.3 is 5.11 Å². The summed E-state index contributed by atoms with van der Waals surface area (Å²) in [5, 5.41) is 8.30. The first kappa shape index (κ1) is 8.16. The molecule has 1 N–H and O–H groups in total. The fourth-order valence-corrected chi connectivity index (χ4v) is 0.221. The van der Waals surface area contributed by atoms with E-state index in [0.717, 1.165) is 0 Å². The highest BCUT2D eigenvalue weighted by molar-refractivity contribution is 14.1. The maximum absolute atomic E-state index is 10.1. The van der Waals surface area contributed by atoms with Crippen molar-refractivity contribution in [2.75, 3.05) is 14.1 Å². The Labute approximate surface area is 61.8 Å². The summed E-state index contributed by atoms with van der Waals surface area (Å²) in [4.78, 5) is 11.7. The van der Waals surface area contributed by atoms with E-state index in [-0.39, 0.29) is 0 Å². The molecule has 8 heavy (non-hydrogen) atoms. The number of hydrogen-bond donors (Lipinski definition) is 1. The molecule has 0 amide bonds. The summed E-state index contributed by atoms with van der Waals surface area (Å²) in [5.41, 5.74) is 0. The van der Waals surface area contributed by atoms with Gasteiger partial charge in [0, 0.05) is 0 Å². The minimum Gasteiger partial charge on any atom is -0.479 e. The molecular weight excluding hydrogens is 221 g/mol. The first-order valence-electron chi connectivity index (χ1n) is 2.09. The van der Waals surface area contributed by atoms with Crippen LogP contribution < -0.4 is 0 Å². The van der Waals surface area contributed by atoms with Crippen LogP contribution in [-0.4, -0.2) is 34.1 Å². The van der Waals surface area contributed by atoms with Crippen LogP contribution in [0.15, 0.2) is 0 Å². The summed E-state index contributed by atoms with van der Waals surface area (Å²) in [5.74, 6) is -0.796. The SMILES string of the molecule is CN(C)C(I)C(=O)O. The predicted octanol–water partition coefficient (Wildman–Crippen LogP) is 0.394. The molecule has 0 spiro atoms. The van der Waals surface area contributed by atoms with Crippen molar-refractivity contribution in [2.45, 2.75) is 4.05 Å². The lowest BCUT2D eigenvalue weighted by molar-refractivity contribution is -0.138. The van der Waals surface area contributed by atoms with Crippen molar-refractivity contribution in [3.8, 4) is 0 Å². The van der Waals surface area contributed by atoms with Crippen molar-refractivity contribution in [1.82, 2.24) is 4.90 Å². The van der Waals surface area contributed by atoms with Gasteiger partial charge in [0.25, 0.3) is 0 Å². The largest absolute Gasteiger partial charge is 0.479 e. The van der Waals surface area contributed by atoms with Crippen LogP contribution in [0.4, 0.5) is 0 Å². The molecule has 0 aromatic rings. The molecule has 0 fully saturated rings. The number of aliphatic carboxylic acids is 1. The number of alkyl halides is 1. The molecule has 0 heterocycles. The third-order valence-electron chi connectivity index (χ3n) is 0.657. The average molecular weight is 229 g/mol. The molecule has 0 saturated carbocycles. The van der Waals surface area contributed by atoms with Crippen LogP contribution in [-0.2, 0) is 4.79 Å². The number of halogens is 1. The van der Waals surface area contributed by atoms with Crippen LogP contribution >= 0.6 is 22.6 Å². The van der Waals surface area contributed by atoms with Crippen molar-refractivity contribution in [1.29, 1.82) is 0 Å². The van der Waals surface area contributed by atoms with Crippen LogP contribution in [0.5, 0.6) is 0 Å². The van der Waals surface area contributed by atoms with E-state index >= 15 is 0 Å². The topological polar surface area (TPSA) is 40.5 Å². The van der Waals surface area contributed by atoms with Crippen molar-refractivity contribution < 1.29 is 9.90 Å². The number of carbonyl (C=O) groups is 1. The average Bonchev–Trinajstić information content (AvgIpc) is 1.64. The molecule has 0 rings (SSSR count). The second kappa shape index (κ2) is 3.24. The first-order chi connectivity index (χ1) is 3.55. The van der Waals surface area contributed by atoms with Crippen molar-refractivity contribution in [2.24, 2.45) is 0 Å². The summed E-state index contributed by atoms with van der Waals surface area (Å²) in [7, 11) is 3.45. The Balaban J connectivity index is 3.64. The summed E-state index contributed by atoms with van der Waals surface area (Å²) in [6, 6.07) is 0. The molecule has 0 aliphatic heterocycles. The van der Waals surface area contributed by atoms with Gasteiger partial charge in [0.1, 0.15) is 0 Å². The highest BCUT2D eigenvalue weighted by atomic mass is 127. The van der Waals surface area contributed by atoms with E-state index in [4.69, 9.17) is 5.11 Å². The fourth-order valence-electron chi connectivity index (χ4n) is 0.221. The van der Waals surface area contributed by atoms with Crippen LogP contribution in [0.2, 0.25) is 0 Å². The normalized spacial score (nSPS) is 14.0. The van der Waals surface area contributed by atoms with Gasteiger partial charge in [-0.15, -0.1) is 0 Å².